The highest BCUT2D eigenvalue weighted by molar-refractivity contribution is 14.2. The summed E-state index contributed by atoms with van der Waals surface area (Å²) in [7, 11) is -1.41. The van der Waals surface area contributed by atoms with E-state index in [4.69, 9.17) is 0 Å². The standard InChI is InChI=1S/C22H23IOS/c1-15-5-9-19(10-6-15)25(23,20-11-7-16(2)8-12-20)21-13-17(3)22(24)18(4)14-21/h5-14,24H,1-4H3. The maximum Gasteiger partial charge on any atom is 0.121 e. The van der Waals surface area contributed by atoms with Crippen LogP contribution in [-0.2, 0) is 0 Å². The summed E-state index contributed by atoms with van der Waals surface area (Å²) in [5.74, 6) is 0.398. The van der Waals surface area contributed by atoms with E-state index in [-0.39, 0.29) is 0 Å². The zero-order valence-electron chi connectivity index (χ0n) is 15.0. The minimum atomic E-state index is -1.41. The maximum atomic E-state index is 10.2. The van der Waals surface area contributed by atoms with Gasteiger partial charge in [0.15, 0.2) is 0 Å². The van der Waals surface area contributed by atoms with Crippen molar-refractivity contribution in [1.82, 2.24) is 0 Å². The predicted molar refractivity (Wildman–Crippen MR) is 116 cm³/mol. The number of aromatic hydroxyl groups is 1. The third kappa shape index (κ3) is 3.44. The molecule has 1 N–H and O–H groups in total. The van der Waals surface area contributed by atoms with Crippen molar-refractivity contribution in [2.45, 2.75) is 42.4 Å². The number of phenols is 1. The van der Waals surface area contributed by atoms with Crippen LogP contribution in [0.5, 0.6) is 5.75 Å². The van der Waals surface area contributed by atoms with Crippen LogP contribution in [-0.4, -0.2) is 5.11 Å². The Balaban J connectivity index is 2.29. The molecule has 3 aromatic rings. The number of phenolic OH excluding ortho intramolecular Hbond substituents is 1. The average molecular weight is 462 g/mol. The van der Waals surface area contributed by atoms with Crippen molar-refractivity contribution in [2.75, 3.05) is 0 Å². The normalized spacial score (nSPS) is 12.2. The third-order valence-corrected chi connectivity index (χ3v) is 11.8. The first-order valence-corrected chi connectivity index (χ1v) is 12.5. The van der Waals surface area contributed by atoms with Gasteiger partial charge in [0.2, 0.25) is 0 Å². The van der Waals surface area contributed by atoms with Crippen LogP contribution in [0.25, 0.3) is 0 Å². The topological polar surface area (TPSA) is 20.2 Å². The summed E-state index contributed by atoms with van der Waals surface area (Å²) in [4.78, 5) is 3.92. The van der Waals surface area contributed by atoms with Crippen LogP contribution >= 0.6 is 28.4 Å². The summed E-state index contributed by atoms with van der Waals surface area (Å²) in [6.07, 6.45) is 0. The molecule has 0 saturated carbocycles. The summed E-state index contributed by atoms with van der Waals surface area (Å²) in [5, 5.41) is 10.2. The van der Waals surface area contributed by atoms with E-state index in [0.29, 0.717) is 5.75 Å². The highest BCUT2D eigenvalue weighted by Gasteiger charge is 2.29. The predicted octanol–water partition coefficient (Wildman–Crippen LogP) is 7.26. The highest BCUT2D eigenvalue weighted by Crippen LogP contribution is 2.74. The number of halogens is 1. The van der Waals surface area contributed by atoms with Gasteiger partial charge in [0.1, 0.15) is 5.75 Å². The van der Waals surface area contributed by atoms with E-state index in [1.807, 2.05) is 13.8 Å². The van der Waals surface area contributed by atoms with Crippen molar-refractivity contribution in [3.05, 3.63) is 82.9 Å². The zero-order chi connectivity index (χ0) is 18.2. The van der Waals surface area contributed by atoms with Gasteiger partial charge in [0, 0.05) is 14.7 Å². The summed E-state index contributed by atoms with van der Waals surface area (Å²) >= 11 is 2.64. The zero-order valence-corrected chi connectivity index (χ0v) is 18.0. The molecule has 0 atom stereocenters. The molecule has 0 spiro atoms. The van der Waals surface area contributed by atoms with Gasteiger partial charge in [-0.15, -0.1) is 7.20 Å². The molecule has 25 heavy (non-hydrogen) atoms. The first-order valence-electron chi connectivity index (χ1n) is 8.29. The fraction of sp³-hybridized carbons (Fsp3) is 0.182. The molecule has 130 valence electrons. The Morgan fingerprint density at radius 1 is 0.640 bits per heavy atom. The van der Waals surface area contributed by atoms with Gasteiger partial charge in [0.25, 0.3) is 0 Å². The minimum absolute atomic E-state index is 0.398. The van der Waals surface area contributed by atoms with Crippen molar-refractivity contribution in [2.24, 2.45) is 0 Å². The molecular weight excluding hydrogens is 439 g/mol. The SMILES string of the molecule is Cc1ccc(S(I)(c2ccc(C)cc2)c2cc(C)c(O)c(C)c2)cc1. The summed E-state index contributed by atoms with van der Waals surface area (Å²) in [6, 6.07) is 22.0. The first kappa shape index (κ1) is 18.3. The Kier molecular flexibility index (Phi) is 5.16. The number of benzene rings is 3. The molecule has 0 bridgehead atoms. The Hall–Kier alpha value is -1.46. The van der Waals surface area contributed by atoms with Gasteiger partial charge in [-0.1, -0.05) is 35.4 Å². The maximum absolute atomic E-state index is 10.2. The van der Waals surface area contributed by atoms with Crippen molar-refractivity contribution in [3.8, 4) is 5.75 Å². The molecule has 0 aromatic heterocycles. The fourth-order valence-electron chi connectivity index (χ4n) is 2.94. The second-order valence-electron chi connectivity index (χ2n) is 6.57. The summed E-state index contributed by atoms with van der Waals surface area (Å²) < 4.78 is 0. The molecule has 0 aliphatic rings. The molecule has 0 saturated heterocycles. The summed E-state index contributed by atoms with van der Waals surface area (Å²) in [6.45, 7) is 8.20. The fourth-order valence-corrected chi connectivity index (χ4v) is 7.98. The van der Waals surface area contributed by atoms with E-state index in [2.05, 4.69) is 95.7 Å². The first-order chi connectivity index (χ1) is 11.8. The lowest BCUT2D eigenvalue weighted by atomic mass is 10.1. The molecule has 1 nitrogen and oxygen atoms in total. The van der Waals surface area contributed by atoms with Crippen LogP contribution in [0.15, 0.2) is 75.4 Å². The molecule has 0 unspecified atom stereocenters. The van der Waals surface area contributed by atoms with Gasteiger partial charge in [0.05, 0.1) is 0 Å². The van der Waals surface area contributed by atoms with Crippen LogP contribution in [0.2, 0.25) is 0 Å². The van der Waals surface area contributed by atoms with Gasteiger partial charge >= 0.3 is 0 Å². The quantitative estimate of drug-likeness (QED) is 0.406. The van der Waals surface area contributed by atoms with E-state index in [1.165, 1.54) is 25.8 Å². The smallest absolute Gasteiger partial charge is 0.121 e. The lowest BCUT2D eigenvalue weighted by Gasteiger charge is -2.36. The molecule has 0 amide bonds. The second kappa shape index (κ2) is 7.04. The van der Waals surface area contributed by atoms with Crippen LogP contribution in [0.4, 0.5) is 0 Å². The molecule has 3 aromatic carbocycles. The van der Waals surface area contributed by atoms with Crippen LogP contribution in [0.3, 0.4) is 0 Å². The summed E-state index contributed by atoms with van der Waals surface area (Å²) in [5.41, 5.74) is 4.40. The molecule has 0 heterocycles. The van der Waals surface area contributed by atoms with Gasteiger partial charge < -0.3 is 5.11 Å². The molecular formula is C22H23IOS. The Labute approximate surface area is 164 Å². The van der Waals surface area contributed by atoms with Gasteiger partial charge in [-0.3, -0.25) is 0 Å². The molecule has 3 heteroatoms. The van der Waals surface area contributed by atoms with Crippen LogP contribution < -0.4 is 0 Å². The molecule has 0 radical (unpaired) electrons. The lowest BCUT2D eigenvalue weighted by molar-refractivity contribution is 0.466. The van der Waals surface area contributed by atoms with Gasteiger partial charge in [-0.25, -0.2) is 0 Å². The Bertz CT molecular complexity index is 830. The minimum Gasteiger partial charge on any atom is -0.507 e. The van der Waals surface area contributed by atoms with E-state index >= 15 is 0 Å². The largest absolute Gasteiger partial charge is 0.507 e. The number of hydrogen-bond acceptors (Lipinski definition) is 1. The lowest BCUT2D eigenvalue weighted by Crippen LogP contribution is -1.98. The Morgan fingerprint density at radius 2 is 1.00 bits per heavy atom. The van der Waals surface area contributed by atoms with E-state index in [1.54, 1.807) is 0 Å². The number of rotatable bonds is 3. The van der Waals surface area contributed by atoms with Gasteiger partial charge in [-0.2, -0.15) is 0 Å². The Morgan fingerprint density at radius 3 is 1.36 bits per heavy atom. The average Bonchev–Trinajstić information content (AvgIpc) is 2.59. The van der Waals surface area contributed by atoms with E-state index < -0.39 is 7.20 Å². The van der Waals surface area contributed by atoms with E-state index in [0.717, 1.165) is 11.1 Å². The molecule has 0 fully saturated rings. The monoisotopic (exact) mass is 462 g/mol. The third-order valence-electron chi connectivity index (χ3n) is 4.48. The van der Waals surface area contributed by atoms with Crippen molar-refractivity contribution in [1.29, 1.82) is 0 Å². The van der Waals surface area contributed by atoms with E-state index in [9.17, 15) is 5.11 Å². The highest BCUT2D eigenvalue weighted by atomic mass is 127. The molecule has 0 aliphatic heterocycles. The molecule has 0 aliphatic carbocycles. The van der Waals surface area contributed by atoms with Gasteiger partial charge in [-0.05, 0) is 96.4 Å². The van der Waals surface area contributed by atoms with Crippen LogP contribution in [0.1, 0.15) is 22.3 Å². The van der Waals surface area contributed by atoms with Crippen molar-refractivity contribution < 1.29 is 5.11 Å². The van der Waals surface area contributed by atoms with Crippen LogP contribution in [0, 0.1) is 27.7 Å². The second-order valence-corrected chi connectivity index (χ2v) is 13.0. The van der Waals surface area contributed by atoms with Crippen molar-refractivity contribution >= 4 is 28.4 Å². The number of hydrogen-bond donors (Lipinski definition) is 1. The number of aryl methyl sites for hydroxylation is 4. The molecule has 3 rings (SSSR count). The van der Waals surface area contributed by atoms with Crippen molar-refractivity contribution in [3.63, 3.8) is 0 Å².